The van der Waals surface area contributed by atoms with Gasteiger partial charge < -0.3 is 10.6 Å². The van der Waals surface area contributed by atoms with E-state index in [0.717, 1.165) is 20.9 Å². The van der Waals surface area contributed by atoms with Gasteiger partial charge in [0.1, 0.15) is 6.17 Å². The van der Waals surface area contributed by atoms with E-state index in [4.69, 9.17) is 34.8 Å². The number of nitrogens with one attached hydrogen (secondary N) is 2. The van der Waals surface area contributed by atoms with Gasteiger partial charge in [-0.2, -0.15) is 0 Å². The van der Waals surface area contributed by atoms with E-state index < -0.39 is 9.96 Å². The van der Waals surface area contributed by atoms with Gasteiger partial charge in [0, 0.05) is 21.1 Å². The normalized spacial score (nSPS) is 12.6. The monoisotopic (exact) mass is 470 g/mol. The Labute approximate surface area is 174 Å². The molecular weight excluding hydrogens is 458 g/mol. The molecule has 0 aliphatic rings. The number of halogens is 4. The SMILES string of the molecule is O=C(NC(Nc1cccc2ccccc12)C(Cl)(Cl)Cl)c1ccc(Br)cc1. The van der Waals surface area contributed by atoms with Crippen molar-refractivity contribution in [1.29, 1.82) is 0 Å². The second-order valence-corrected chi connectivity index (χ2v) is 8.91. The zero-order valence-corrected chi connectivity index (χ0v) is 17.2. The first kappa shape index (κ1) is 19.3. The lowest BCUT2D eigenvalue weighted by Crippen LogP contribution is -2.49. The van der Waals surface area contributed by atoms with Gasteiger partial charge in [-0.25, -0.2) is 0 Å². The number of alkyl halides is 3. The van der Waals surface area contributed by atoms with E-state index in [9.17, 15) is 4.79 Å². The molecule has 0 saturated carbocycles. The molecule has 2 N–H and O–H groups in total. The van der Waals surface area contributed by atoms with Gasteiger partial charge in [-0.3, -0.25) is 4.79 Å². The van der Waals surface area contributed by atoms with Crippen molar-refractivity contribution < 1.29 is 4.79 Å². The topological polar surface area (TPSA) is 41.1 Å². The van der Waals surface area contributed by atoms with Gasteiger partial charge in [0.2, 0.25) is 3.79 Å². The molecule has 3 rings (SSSR count). The van der Waals surface area contributed by atoms with Crippen LogP contribution in [-0.4, -0.2) is 15.9 Å². The smallest absolute Gasteiger partial charge is 0.252 e. The molecule has 7 heteroatoms. The predicted molar refractivity (Wildman–Crippen MR) is 113 cm³/mol. The van der Waals surface area contributed by atoms with Crippen LogP contribution < -0.4 is 10.6 Å². The third-order valence-electron chi connectivity index (χ3n) is 3.80. The second kappa shape index (κ2) is 8.05. The molecule has 3 nitrogen and oxygen atoms in total. The number of carbonyl (C=O) groups excluding carboxylic acids is 1. The number of hydrogen-bond acceptors (Lipinski definition) is 2. The number of hydrogen-bond donors (Lipinski definition) is 2. The molecular formula is C19H14BrCl3N2O. The number of amides is 1. The molecule has 1 amide bonds. The third-order valence-corrected chi connectivity index (χ3v) is 4.98. The molecule has 0 radical (unpaired) electrons. The highest BCUT2D eigenvalue weighted by atomic mass is 79.9. The van der Waals surface area contributed by atoms with Gasteiger partial charge >= 0.3 is 0 Å². The van der Waals surface area contributed by atoms with Crippen molar-refractivity contribution in [2.24, 2.45) is 0 Å². The summed E-state index contributed by atoms with van der Waals surface area (Å²) >= 11 is 21.6. The van der Waals surface area contributed by atoms with Crippen LogP contribution in [0.15, 0.2) is 71.2 Å². The Balaban J connectivity index is 1.87. The third kappa shape index (κ3) is 4.63. The number of fused-ring (bicyclic) bond motifs is 1. The van der Waals surface area contributed by atoms with Crippen molar-refractivity contribution >= 4 is 73.1 Å². The summed E-state index contributed by atoms with van der Waals surface area (Å²) < 4.78 is -0.872. The summed E-state index contributed by atoms with van der Waals surface area (Å²) in [4.78, 5) is 12.5. The Bertz CT molecular complexity index is 921. The van der Waals surface area contributed by atoms with Crippen LogP contribution in [-0.2, 0) is 0 Å². The van der Waals surface area contributed by atoms with Crippen LogP contribution in [0.2, 0.25) is 0 Å². The molecule has 0 aliphatic heterocycles. The Morgan fingerprint density at radius 2 is 1.58 bits per heavy atom. The maximum atomic E-state index is 12.5. The molecule has 0 aliphatic carbocycles. The number of carbonyl (C=O) groups is 1. The van der Waals surface area contributed by atoms with Crippen LogP contribution in [0, 0.1) is 0 Å². The van der Waals surface area contributed by atoms with Crippen LogP contribution >= 0.6 is 50.7 Å². The first-order valence-corrected chi connectivity index (χ1v) is 9.65. The standard InChI is InChI=1S/C19H14BrCl3N2O/c20-14-10-8-13(9-11-14)17(26)25-18(19(21,22)23)24-16-7-3-5-12-4-1-2-6-15(12)16/h1-11,18,24H,(H,25,26). The van der Waals surface area contributed by atoms with Crippen molar-refractivity contribution in [1.82, 2.24) is 5.32 Å². The maximum Gasteiger partial charge on any atom is 0.252 e. The van der Waals surface area contributed by atoms with Crippen molar-refractivity contribution in [3.05, 3.63) is 76.8 Å². The van der Waals surface area contributed by atoms with Gasteiger partial charge in [-0.05, 0) is 35.7 Å². The minimum absolute atomic E-state index is 0.346. The Morgan fingerprint density at radius 3 is 2.27 bits per heavy atom. The van der Waals surface area contributed by atoms with E-state index in [1.54, 1.807) is 24.3 Å². The van der Waals surface area contributed by atoms with Crippen molar-refractivity contribution in [2.75, 3.05) is 5.32 Å². The average Bonchev–Trinajstić information content (AvgIpc) is 2.61. The zero-order chi connectivity index (χ0) is 18.7. The van der Waals surface area contributed by atoms with Gasteiger partial charge in [0.05, 0.1) is 0 Å². The van der Waals surface area contributed by atoms with E-state index in [2.05, 4.69) is 26.6 Å². The molecule has 1 unspecified atom stereocenters. The van der Waals surface area contributed by atoms with E-state index >= 15 is 0 Å². The zero-order valence-electron chi connectivity index (χ0n) is 13.3. The molecule has 3 aromatic carbocycles. The largest absolute Gasteiger partial charge is 0.361 e. The van der Waals surface area contributed by atoms with Crippen LogP contribution in [0.25, 0.3) is 10.8 Å². The highest BCUT2D eigenvalue weighted by Crippen LogP contribution is 2.33. The van der Waals surface area contributed by atoms with E-state index in [-0.39, 0.29) is 5.91 Å². The summed E-state index contributed by atoms with van der Waals surface area (Å²) in [5.74, 6) is -0.346. The van der Waals surface area contributed by atoms with E-state index in [0.29, 0.717) is 5.56 Å². The quantitative estimate of drug-likeness (QED) is 0.354. The van der Waals surface area contributed by atoms with Crippen molar-refractivity contribution in [3.63, 3.8) is 0 Å². The average molecular weight is 473 g/mol. The van der Waals surface area contributed by atoms with Crippen LogP contribution in [0.1, 0.15) is 10.4 Å². The lowest BCUT2D eigenvalue weighted by Gasteiger charge is -2.28. The van der Waals surface area contributed by atoms with Gasteiger partial charge in [0.15, 0.2) is 0 Å². The number of benzene rings is 3. The first-order valence-electron chi connectivity index (χ1n) is 7.72. The minimum Gasteiger partial charge on any atom is -0.361 e. The van der Waals surface area contributed by atoms with E-state index in [1.807, 2.05) is 42.5 Å². The Morgan fingerprint density at radius 1 is 0.923 bits per heavy atom. The highest BCUT2D eigenvalue weighted by Gasteiger charge is 2.34. The number of anilines is 1. The summed E-state index contributed by atoms with van der Waals surface area (Å²) in [5.41, 5.74) is 1.22. The van der Waals surface area contributed by atoms with Crippen LogP contribution in [0.5, 0.6) is 0 Å². The van der Waals surface area contributed by atoms with Crippen LogP contribution in [0.3, 0.4) is 0 Å². The molecule has 0 saturated heterocycles. The molecule has 1 atom stereocenters. The number of rotatable bonds is 4. The van der Waals surface area contributed by atoms with Crippen molar-refractivity contribution in [3.8, 4) is 0 Å². The fourth-order valence-corrected chi connectivity index (χ4v) is 3.11. The summed E-state index contributed by atoms with van der Waals surface area (Å²) in [6.07, 6.45) is -0.922. The molecule has 0 heterocycles. The minimum atomic E-state index is -1.75. The van der Waals surface area contributed by atoms with Crippen LogP contribution in [0.4, 0.5) is 5.69 Å². The lowest BCUT2D eigenvalue weighted by molar-refractivity contribution is 0.0942. The molecule has 134 valence electrons. The van der Waals surface area contributed by atoms with Gasteiger partial charge in [-0.1, -0.05) is 87.1 Å². The fraction of sp³-hybridized carbons (Fsp3) is 0.105. The first-order chi connectivity index (χ1) is 12.3. The summed E-state index contributed by atoms with van der Waals surface area (Å²) in [7, 11) is 0. The Kier molecular flexibility index (Phi) is 5.98. The van der Waals surface area contributed by atoms with Crippen molar-refractivity contribution in [2.45, 2.75) is 9.96 Å². The van der Waals surface area contributed by atoms with Gasteiger partial charge in [-0.15, -0.1) is 0 Å². The van der Waals surface area contributed by atoms with E-state index in [1.165, 1.54) is 0 Å². The highest BCUT2D eigenvalue weighted by molar-refractivity contribution is 9.10. The molecule has 0 spiro atoms. The molecule has 0 aromatic heterocycles. The predicted octanol–water partition coefficient (Wildman–Crippen LogP) is 6.14. The molecule has 0 fully saturated rings. The Hall–Kier alpha value is -1.46. The lowest BCUT2D eigenvalue weighted by atomic mass is 10.1. The summed E-state index contributed by atoms with van der Waals surface area (Å²) in [6.45, 7) is 0. The molecule has 3 aromatic rings. The molecule has 26 heavy (non-hydrogen) atoms. The molecule has 0 bridgehead atoms. The fourth-order valence-electron chi connectivity index (χ4n) is 2.52. The summed E-state index contributed by atoms with van der Waals surface area (Å²) in [6, 6.07) is 20.5. The maximum absolute atomic E-state index is 12.5. The van der Waals surface area contributed by atoms with Gasteiger partial charge in [0.25, 0.3) is 5.91 Å². The summed E-state index contributed by atoms with van der Waals surface area (Å²) in [5, 5.41) is 7.89. The second-order valence-electron chi connectivity index (χ2n) is 5.63.